The molecule has 0 spiro atoms. The zero-order chi connectivity index (χ0) is 16.3. The molecule has 0 atom stereocenters. The average molecular weight is 354 g/mol. The Bertz CT molecular complexity index is 628. The van der Waals surface area contributed by atoms with E-state index in [0.717, 1.165) is 9.47 Å². The Hall–Kier alpha value is -1.15. The van der Waals surface area contributed by atoms with Crippen LogP contribution in [0, 0.1) is 0 Å². The molecule has 126 valence electrons. The van der Waals surface area contributed by atoms with Crippen molar-refractivity contribution in [1.82, 2.24) is 20.3 Å². The lowest BCUT2D eigenvalue weighted by molar-refractivity contribution is 0.319. The van der Waals surface area contributed by atoms with Gasteiger partial charge in [0.25, 0.3) is 0 Å². The van der Waals surface area contributed by atoms with E-state index in [-0.39, 0.29) is 5.41 Å². The lowest BCUT2D eigenvalue weighted by atomic mass is 9.96. The zero-order valence-electron chi connectivity index (χ0n) is 13.8. The van der Waals surface area contributed by atoms with Crippen LogP contribution < -0.4 is 5.32 Å². The van der Waals surface area contributed by atoms with Gasteiger partial charge in [-0.3, -0.25) is 0 Å². The van der Waals surface area contributed by atoms with Gasteiger partial charge in [-0.15, -0.1) is 10.2 Å². The Balaban J connectivity index is 1.51. The van der Waals surface area contributed by atoms with Gasteiger partial charge < -0.3 is 9.84 Å². The van der Waals surface area contributed by atoms with Crippen LogP contribution in [0.1, 0.15) is 64.6 Å². The van der Waals surface area contributed by atoms with Crippen LogP contribution in [0.4, 0.5) is 5.13 Å². The summed E-state index contributed by atoms with van der Waals surface area (Å²) in [5.74, 6) is 2.03. The van der Waals surface area contributed by atoms with Crippen molar-refractivity contribution in [2.24, 2.45) is 0 Å². The Labute approximate surface area is 144 Å². The van der Waals surface area contributed by atoms with Crippen LogP contribution in [0.2, 0.25) is 0 Å². The van der Waals surface area contributed by atoms with Gasteiger partial charge in [0.1, 0.15) is 0 Å². The van der Waals surface area contributed by atoms with Crippen LogP contribution in [0.5, 0.6) is 0 Å². The molecular formula is C15H23N5OS2. The average Bonchev–Trinajstić information content (AvgIpc) is 3.15. The summed E-state index contributed by atoms with van der Waals surface area (Å²) < 4.78 is 6.24. The second-order valence-corrected chi connectivity index (χ2v) is 9.11. The molecule has 1 N–H and O–H groups in total. The molecule has 2 aromatic rings. The van der Waals surface area contributed by atoms with Crippen LogP contribution in [0.3, 0.4) is 0 Å². The zero-order valence-corrected chi connectivity index (χ0v) is 15.5. The second kappa shape index (κ2) is 7.17. The maximum Gasteiger partial charge on any atom is 0.232 e. The molecule has 0 unspecified atom stereocenters. The van der Waals surface area contributed by atoms with E-state index in [9.17, 15) is 0 Å². The normalized spacial score (nSPS) is 16.7. The van der Waals surface area contributed by atoms with Crippen LogP contribution in [-0.2, 0) is 11.2 Å². The summed E-state index contributed by atoms with van der Waals surface area (Å²) in [6.45, 7) is 6.18. The molecule has 1 saturated carbocycles. The molecule has 0 amide bonds. The Kier molecular flexibility index (Phi) is 5.21. The third-order valence-corrected chi connectivity index (χ3v) is 5.76. The largest absolute Gasteiger partial charge is 0.357 e. The number of rotatable bonds is 5. The van der Waals surface area contributed by atoms with Crippen molar-refractivity contribution in [3.63, 3.8) is 0 Å². The number of nitrogens with one attached hydrogen (secondary N) is 1. The molecule has 1 aliphatic carbocycles. The van der Waals surface area contributed by atoms with Crippen molar-refractivity contribution in [3.05, 3.63) is 11.7 Å². The van der Waals surface area contributed by atoms with Gasteiger partial charge in [-0.2, -0.15) is 4.98 Å². The van der Waals surface area contributed by atoms with Gasteiger partial charge in [0.2, 0.25) is 11.0 Å². The van der Waals surface area contributed by atoms with Gasteiger partial charge in [-0.25, -0.2) is 0 Å². The third-order valence-electron chi connectivity index (χ3n) is 3.77. The van der Waals surface area contributed by atoms with E-state index in [4.69, 9.17) is 4.52 Å². The summed E-state index contributed by atoms with van der Waals surface area (Å²) in [6.07, 6.45) is 6.45. The molecule has 0 radical (unpaired) electrons. The van der Waals surface area contributed by atoms with Gasteiger partial charge >= 0.3 is 0 Å². The maximum absolute atomic E-state index is 5.30. The molecule has 3 rings (SSSR count). The fourth-order valence-corrected chi connectivity index (χ4v) is 4.16. The summed E-state index contributed by atoms with van der Waals surface area (Å²) >= 11 is 3.20. The van der Waals surface area contributed by atoms with Crippen LogP contribution in [-0.4, -0.2) is 26.4 Å². The molecule has 0 aliphatic heterocycles. The van der Waals surface area contributed by atoms with Crippen molar-refractivity contribution >= 4 is 28.2 Å². The van der Waals surface area contributed by atoms with Crippen LogP contribution in [0.25, 0.3) is 0 Å². The molecule has 1 fully saturated rings. The van der Waals surface area contributed by atoms with Gasteiger partial charge in [0, 0.05) is 11.5 Å². The first kappa shape index (κ1) is 16.7. The summed E-state index contributed by atoms with van der Waals surface area (Å²) in [7, 11) is 0. The molecular weight excluding hydrogens is 330 g/mol. The first-order chi connectivity index (χ1) is 11.0. The highest BCUT2D eigenvalue weighted by molar-refractivity contribution is 8.00. The van der Waals surface area contributed by atoms with Gasteiger partial charge in [0.15, 0.2) is 10.2 Å². The number of hydrogen-bond acceptors (Lipinski definition) is 8. The predicted octanol–water partition coefficient (Wildman–Crippen LogP) is 4.26. The molecule has 0 saturated heterocycles. The monoisotopic (exact) mass is 353 g/mol. The first-order valence-electron chi connectivity index (χ1n) is 8.06. The molecule has 1 aliphatic rings. The van der Waals surface area contributed by atoms with Gasteiger partial charge in [0.05, 0.1) is 5.75 Å². The van der Waals surface area contributed by atoms with Crippen molar-refractivity contribution in [2.75, 3.05) is 5.32 Å². The van der Waals surface area contributed by atoms with Crippen molar-refractivity contribution in [2.45, 2.75) is 74.4 Å². The quantitative estimate of drug-likeness (QED) is 0.805. The fraction of sp³-hybridized carbons (Fsp3) is 0.733. The van der Waals surface area contributed by atoms with E-state index in [2.05, 4.69) is 46.4 Å². The molecule has 2 heterocycles. The molecule has 6 nitrogen and oxygen atoms in total. The van der Waals surface area contributed by atoms with Crippen LogP contribution >= 0.6 is 23.1 Å². The van der Waals surface area contributed by atoms with Crippen LogP contribution in [0.15, 0.2) is 8.86 Å². The molecule has 0 aromatic carbocycles. The molecule has 23 heavy (non-hydrogen) atoms. The topological polar surface area (TPSA) is 76.7 Å². The third kappa shape index (κ3) is 4.67. The predicted molar refractivity (Wildman–Crippen MR) is 93.0 cm³/mol. The number of nitrogens with zero attached hydrogens (tertiary/aromatic N) is 4. The minimum atomic E-state index is -0.115. The summed E-state index contributed by atoms with van der Waals surface area (Å²) in [4.78, 5) is 4.44. The smallest absolute Gasteiger partial charge is 0.232 e. The van der Waals surface area contributed by atoms with E-state index in [1.807, 2.05) is 0 Å². The second-order valence-electron chi connectivity index (χ2n) is 6.91. The first-order valence-corrected chi connectivity index (χ1v) is 9.87. The maximum atomic E-state index is 5.30. The Morgan fingerprint density at radius 3 is 2.70 bits per heavy atom. The minimum absolute atomic E-state index is 0.115. The summed E-state index contributed by atoms with van der Waals surface area (Å²) in [5, 5.41) is 16.9. The SMILES string of the molecule is CC(C)(C)c1nc(CSc2nnc(NC3CCCCC3)s2)no1. The number of hydrogen-bond donors (Lipinski definition) is 1. The van der Waals surface area contributed by atoms with E-state index in [1.54, 1.807) is 23.1 Å². The van der Waals surface area contributed by atoms with Gasteiger partial charge in [-0.05, 0) is 12.8 Å². The Morgan fingerprint density at radius 1 is 1.22 bits per heavy atom. The summed E-state index contributed by atoms with van der Waals surface area (Å²) in [6, 6.07) is 0.557. The highest BCUT2D eigenvalue weighted by atomic mass is 32.2. The van der Waals surface area contributed by atoms with Gasteiger partial charge in [-0.1, -0.05) is 68.3 Å². The minimum Gasteiger partial charge on any atom is -0.357 e. The standard InChI is InChI=1S/C15H23N5OS2/c1-15(2,3)12-17-11(20-21-12)9-22-14-19-18-13(23-14)16-10-7-5-4-6-8-10/h10H,4-9H2,1-3H3,(H,16,18). The number of anilines is 1. The highest BCUT2D eigenvalue weighted by Gasteiger charge is 2.22. The lowest BCUT2D eigenvalue weighted by Gasteiger charge is -2.21. The van der Waals surface area contributed by atoms with E-state index in [1.165, 1.54) is 32.1 Å². The molecule has 0 bridgehead atoms. The van der Waals surface area contributed by atoms with Crippen molar-refractivity contribution in [3.8, 4) is 0 Å². The van der Waals surface area contributed by atoms with E-state index < -0.39 is 0 Å². The van der Waals surface area contributed by atoms with Crippen molar-refractivity contribution in [1.29, 1.82) is 0 Å². The van der Waals surface area contributed by atoms with E-state index in [0.29, 0.717) is 23.5 Å². The highest BCUT2D eigenvalue weighted by Crippen LogP contribution is 2.30. The summed E-state index contributed by atoms with van der Waals surface area (Å²) in [5.41, 5.74) is -0.115. The number of aromatic nitrogens is 4. The fourth-order valence-electron chi connectivity index (χ4n) is 2.49. The Morgan fingerprint density at radius 2 is 2.00 bits per heavy atom. The molecule has 8 heteroatoms. The molecule has 2 aromatic heterocycles. The van der Waals surface area contributed by atoms with Crippen molar-refractivity contribution < 1.29 is 4.52 Å². The number of thioether (sulfide) groups is 1. The lowest BCUT2D eigenvalue weighted by Crippen LogP contribution is -2.21. The van der Waals surface area contributed by atoms with E-state index >= 15 is 0 Å².